The minimum absolute atomic E-state index is 0.0449. The maximum atomic E-state index is 12.2. The quantitative estimate of drug-likeness (QED) is 0.773. The van der Waals surface area contributed by atoms with Crippen molar-refractivity contribution in [2.45, 2.75) is 32.4 Å². The molecule has 136 valence electrons. The third-order valence-corrected chi connectivity index (χ3v) is 4.26. The van der Waals surface area contributed by atoms with Crippen molar-refractivity contribution in [1.29, 1.82) is 0 Å². The molecular weight excluding hydrogens is 330 g/mol. The summed E-state index contributed by atoms with van der Waals surface area (Å²) in [6.45, 7) is 3.80. The highest BCUT2D eigenvalue weighted by atomic mass is 16.5. The van der Waals surface area contributed by atoms with Crippen molar-refractivity contribution < 1.29 is 14.3 Å². The van der Waals surface area contributed by atoms with E-state index in [1.807, 2.05) is 55.5 Å². The zero-order valence-corrected chi connectivity index (χ0v) is 14.9. The second-order valence-electron chi connectivity index (χ2n) is 6.43. The van der Waals surface area contributed by atoms with Crippen molar-refractivity contribution in [3.8, 4) is 5.75 Å². The fraction of sp³-hybridized carbons (Fsp3) is 0.300. The number of para-hydroxylation sites is 1. The summed E-state index contributed by atoms with van der Waals surface area (Å²) >= 11 is 0. The fourth-order valence-electron chi connectivity index (χ4n) is 2.99. The molecule has 0 aliphatic carbocycles. The summed E-state index contributed by atoms with van der Waals surface area (Å²) in [7, 11) is 0. The molecule has 3 amide bonds. The van der Waals surface area contributed by atoms with Crippen LogP contribution in [0.25, 0.3) is 0 Å². The molecule has 26 heavy (non-hydrogen) atoms. The molecule has 2 atom stereocenters. The van der Waals surface area contributed by atoms with Gasteiger partial charge in [-0.15, -0.1) is 0 Å². The first-order chi connectivity index (χ1) is 12.5. The topological polar surface area (TPSA) is 79.5 Å². The van der Waals surface area contributed by atoms with Gasteiger partial charge in [-0.2, -0.15) is 0 Å². The third kappa shape index (κ3) is 4.53. The highest BCUT2D eigenvalue weighted by Crippen LogP contribution is 2.27. The van der Waals surface area contributed by atoms with Gasteiger partial charge in [0, 0.05) is 19.0 Å². The van der Waals surface area contributed by atoms with Gasteiger partial charge in [0.05, 0.1) is 12.6 Å². The van der Waals surface area contributed by atoms with Crippen LogP contribution in [0.2, 0.25) is 0 Å². The third-order valence-electron chi connectivity index (χ3n) is 4.26. The van der Waals surface area contributed by atoms with E-state index in [0.717, 1.165) is 17.7 Å². The summed E-state index contributed by atoms with van der Waals surface area (Å²) in [5.41, 5.74) is 2.79. The van der Waals surface area contributed by atoms with Crippen LogP contribution in [0, 0.1) is 0 Å². The molecule has 3 N–H and O–H groups in total. The summed E-state index contributed by atoms with van der Waals surface area (Å²) in [6, 6.07) is 14.9. The van der Waals surface area contributed by atoms with E-state index < -0.39 is 0 Å². The monoisotopic (exact) mass is 353 g/mol. The number of urea groups is 1. The summed E-state index contributed by atoms with van der Waals surface area (Å²) in [4.78, 5) is 23.3. The van der Waals surface area contributed by atoms with Crippen LogP contribution in [-0.4, -0.2) is 24.6 Å². The molecule has 2 aromatic rings. The van der Waals surface area contributed by atoms with E-state index in [1.165, 1.54) is 12.5 Å². The summed E-state index contributed by atoms with van der Waals surface area (Å²) in [5.74, 6) is 0.765. The van der Waals surface area contributed by atoms with E-state index in [4.69, 9.17) is 4.74 Å². The maximum Gasteiger partial charge on any atom is 0.315 e. The Morgan fingerprint density at radius 1 is 1.19 bits per heavy atom. The van der Waals surface area contributed by atoms with Crippen LogP contribution in [0.1, 0.15) is 31.0 Å². The Morgan fingerprint density at radius 2 is 2.00 bits per heavy atom. The van der Waals surface area contributed by atoms with Crippen LogP contribution >= 0.6 is 0 Å². The normalized spacial score (nSPS) is 16.2. The number of anilines is 1. The molecule has 0 fully saturated rings. The minimum Gasteiger partial charge on any atom is -0.488 e. The summed E-state index contributed by atoms with van der Waals surface area (Å²) in [6.07, 6.45) is 0.752. The summed E-state index contributed by atoms with van der Waals surface area (Å²) in [5, 5.41) is 8.51. The lowest BCUT2D eigenvalue weighted by Gasteiger charge is -2.17. The van der Waals surface area contributed by atoms with Crippen molar-refractivity contribution in [1.82, 2.24) is 10.6 Å². The molecule has 0 saturated carbocycles. The van der Waals surface area contributed by atoms with Crippen molar-refractivity contribution in [2.24, 2.45) is 0 Å². The van der Waals surface area contributed by atoms with Gasteiger partial charge in [-0.05, 0) is 36.2 Å². The van der Waals surface area contributed by atoms with E-state index in [1.54, 1.807) is 0 Å². The van der Waals surface area contributed by atoms with Crippen molar-refractivity contribution in [3.63, 3.8) is 0 Å². The van der Waals surface area contributed by atoms with Gasteiger partial charge in [-0.1, -0.05) is 30.3 Å². The molecule has 6 heteroatoms. The molecule has 1 aliphatic rings. The molecule has 1 heterocycles. The van der Waals surface area contributed by atoms with Crippen LogP contribution in [0.4, 0.5) is 10.5 Å². The van der Waals surface area contributed by atoms with E-state index >= 15 is 0 Å². The Bertz CT molecular complexity index is 781. The van der Waals surface area contributed by atoms with Crippen LogP contribution in [-0.2, 0) is 11.2 Å². The predicted molar refractivity (Wildman–Crippen MR) is 100 cm³/mol. The molecule has 1 aliphatic heterocycles. The Labute approximate surface area is 152 Å². The first kappa shape index (κ1) is 17.8. The molecule has 6 nitrogen and oxygen atoms in total. The van der Waals surface area contributed by atoms with Gasteiger partial charge in [0.2, 0.25) is 5.91 Å². The molecule has 2 aromatic carbocycles. The standard InChI is InChI=1S/C20H23N3O3/c1-13(15-7-5-8-17(10-15)23-14(2)24)22-20(25)21-12-18-11-16-6-3-4-9-19(16)26-18/h3-10,13,18H,11-12H2,1-2H3,(H,23,24)(H2,21,22,25). The molecule has 3 rings (SSSR count). The Balaban J connectivity index is 1.48. The average molecular weight is 353 g/mol. The Morgan fingerprint density at radius 3 is 2.77 bits per heavy atom. The lowest BCUT2D eigenvalue weighted by Crippen LogP contribution is -2.41. The average Bonchev–Trinajstić information content (AvgIpc) is 3.02. The van der Waals surface area contributed by atoms with Gasteiger partial charge in [-0.3, -0.25) is 4.79 Å². The van der Waals surface area contributed by atoms with Gasteiger partial charge in [0.25, 0.3) is 0 Å². The highest BCUT2D eigenvalue weighted by Gasteiger charge is 2.22. The fourth-order valence-corrected chi connectivity index (χ4v) is 2.99. The van der Waals surface area contributed by atoms with Gasteiger partial charge >= 0.3 is 6.03 Å². The second-order valence-corrected chi connectivity index (χ2v) is 6.43. The van der Waals surface area contributed by atoms with Crippen molar-refractivity contribution in [2.75, 3.05) is 11.9 Å². The molecule has 2 unspecified atom stereocenters. The second kappa shape index (κ2) is 7.91. The Hall–Kier alpha value is -3.02. The molecule has 0 aromatic heterocycles. The number of hydrogen-bond donors (Lipinski definition) is 3. The highest BCUT2D eigenvalue weighted by molar-refractivity contribution is 5.88. The van der Waals surface area contributed by atoms with Gasteiger partial charge < -0.3 is 20.7 Å². The Kier molecular flexibility index (Phi) is 5.41. The van der Waals surface area contributed by atoms with E-state index in [2.05, 4.69) is 16.0 Å². The van der Waals surface area contributed by atoms with Gasteiger partial charge in [0.1, 0.15) is 11.9 Å². The van der Waals surface area contributed by atoms with E-state index in [0.29, 0.717) is 12.2 Å². The largest absolute Gasteiger partial charge is 0.488 e. The number of carbonyl (C=O) groups excluding carboxylic acids is 2. The number of benzene rings is 2. The van der Waals surface area contributed by atoms with Crippen LogP contribution in [0.5, 0.6) is 5.75 Å². The maximum absolute atomic E-state index is 12.2. The zero-order valence-electron chi connectivity index (χ0n) is 14.9. The number of amides is 3. The minimum atomic E-state index is -0.248. The van der Waals surface area contributed by atoms with Crippen molar-refractivity contribution in [3.05, 3.63) is 59.7 Å². The number of carbonyl (C=O) groups is 2. The van der Waals surface area contributed by atoms with Gasteiger partial charge in [-0.25, -0.2) is 4.79 Å². The van der Waals surface area contributed by atoms with Crippen LogP contribution in [0.3, 0.4) is 0 Å². The van der Waals surface area contributed by atoms with Gasteiger partial charge in [0.15, 0.2) is 0 Å². The molecule has 0 radical (unpaired) electrons. The van der Waals surface area contributed by atoms with E-state index in [9.17, 15) is 9.59 Å². The lowest BCUT2D eigenvalue weighted by atomic mass is 10.1. The number of ether oxygens (including phenoxy) is 1. The number of rotatable bonds is 5. The predicted octanol–water partition coefficient (Wildman–Crippen LogP) is 3.01. The van der Waals surface area contributed by atoms with E-state index in [-0.39, 0.29) is 24.1 Å². The molecule has 0 bridgehead atoms. The number of nitrogens with one attached hydrogen (secondary N) is 3. The smallest absolute Gasteiger partial charge is 0.315 e. The summed E-state index contributed by atoms with van der Waals surface area (Å²) < 4.78 is 5.82. The van der Waals surface area contributed by atoms with Crippen molar-refractivity contribution >= 4 is 17.6 Å². The molecule has 0 saturated heterocycles. The van der Waals surface area contributed by atoms with Crippen LogP contribution in [0.15, 0.2) is 48.5 Å². The SMILES string of the molecule is CC(=O)Nc1cccc(C(C)NC(=O)NCC2Cc3ccccc3O2)c1. The first-order valence-electron chi connectivity index (χ1n) is 8.68. The number of fused-ring (bicyclic) bond motifs is 1. The zero-order chi connectivity index (χ0) is 18.5. The number of hydrogen-bond acceptors (Lipinski definition) is 3. The molecule has 0 spiro atoms. The molecular formula is C20H23N3O3. The van der Waals surface area contributed by atoms with Crippen LogP contribution < -0.4 is 20.7 Å². The first-order valence-corrected chi connectivity index (χ1v) is 8.68. The lowest BCUT2D eigenvalue weighted by molar-refractivity contribution is -0.114.